The predicted octanol–water partition coefficient (Wildman–Crippen LogP) is 4.48. The van der Waals surface area contributed by atoms with E-state index in [0.717, 1.165) is 27.8 Å². The number of ether oxygens (including phenoxy) is 1. The third-order valence-electron chi connectivity index (χ3n) is 4.41. The van der Waals surface area contributed by atoms with Gasteiger partial charge in [-0.15, -0.1) is 0 Å². The van der Waals surface area contributed by atoms with Crippen molar-refractivity contribution in [1.82, 2.24) is 15.2 Å². The molecule has 0 aliphatic rings. The van der Waals surface area contributed by atoms with Gasteiger partial charge in [0, 0.05) is 16.5 Å². The lowest BCUT2D eigenvalue weighted by Crippen LogP contribution is -1.96. The van der Waals surface area contributed by atoms with Gasteiger partial charge in [-0.3, -0.25) is 5.10 Å². The number of benzene rings is 2. The van der Waals surface area contributed by atoms with Crippen molar-refractivity contribution in [2.45, 2.75) is 6.92 Å². The minimum absolute atomic E-state index is 0.535. The first-order valence-electron chi connectivity index (χ1n) is 8.20. The number of aryl methyl sites for hydroxylation is 1. The number of methoxy groups -OCH3 is 1. The Morgan fingerprint density at radius 3 is 2.35 bits per heavy atom. The van der Waals surface area contributed by atoms with Gasteiger partial charge in [-0.1, -0.05) is 29.8 Å². The van der Waals surface area contributed by atoms with Crippen LogP contribution in [0.25, 0.3) is 33.4 Å². The molecule has 4 rings (SSSR count). The molecule has 2 aromatic heterocycles. The van der Waals surface area contributed by atoms with Crippen molar-refractivity contribution in [3.63, 3.8) is 0 Å². The van der Waals surface area contributed by atoms with Crippen LogP contribution in [0.15, 0.2) is 54.7 Å². The van der Waals surface area contributed by atoms with E-state index in [1.54, 1.807) is 13.3 Å². The van der Waals surface area contributed by atoms with Crippen molar-refractivity contribution in [3.8, 4) is 34.2 Å². The highest BCUT2D eigenvalue weighted by Gasteiger charge is 2.19. The summed E-state index contributed by atoms with van der Waals surface area (Å²) in [5.74, 6) is 0.758. The zero-order valence-corrected chi connectivity index (χ0v) is 14.4. The Labute approximate surface area is 150 Å². The first-order chi connectivity index (χ1) is 12.7. The summed E-state index contributed by atoms with van der Waals surface area (Å²) in [5, 5.41) is 17.8. The molecule has 4 aromatic rings. The van der Waals surface area contributed by atoms with Crippen molar-refractivity contribution >= 4 is 11.0 Å². The number of nitriles is 1. The molecule has 2 heterocycles. The standard InChI is InChI=1S/C21H16N4O/c1-13-3-5-14(6-4-13)19-17(11-22)20(24-21-18(19)12-23-25-21)15-7-9-16(26-2)10-8-15/h3-10,12H,1-2H3,(H,23,24,25). The van der Waals surface area contributed by atoms with E-state index in [0.29, 0.717) is 16.9 Å². The van der Waals surface area contributed by atoms with Crippen LogP contribution < -0.4 is 4.74 Å². The highest BCUT2D eigenvalue weighted by molar-refractivity contribution is 5.99. The molecular weight excluding hydrogens is 324 g/mol. The second kappa shape index (κ2) is 6.34. The summed E-state index contributed by atoms with van der Waals surface area (Å²) in [6.45, 7) is 2.04. The molecule has 5 heteroatoms. The van der Waals surface area contributed by atoms with Crippen molar-refractivity contribution in [3.05, 3.63) is 65.9 Å². The monoisotopic (exact) mass is 340 g/mol. The van der Waals surface area contributed by atoms with Crippen molar-refractivity contribution in [2.75, 3.05) is 7.11 Å². The van der Waals surface area contributed by atoms with Gasteiger partial charge in [0.15, 0.2) is 5.65 Å². The summed E-state index contributed by atoms with van der Waals surface area (Å²) in [6, 6.07) is 18.0. The maximum absolute atomic E-state index is 9.93. The van der Waals surface area contributed by atoms with Crippen molar-refractivity contribution in [1.29, 1.82) is 5.26 Å². The molecule has 0 atom stereocenters. The van der Waals surface area contributed by atoms with Crippen LogP contribution in [0.3, 0.4) is 0 Å². The van der Waals surface area contributed by atoms with Gasteiger partial charge >= 0.3 is 0 Å². The molecule has 0 aliphatic heterocycles. The molecule has 0 radical (unpaired) electrons. The lowest BCUT2D eigenvalue weighted by molar-refractivity contribution is 0.415. The summed E-state index contributed by atoms with van der Waals surface area (Å²) < 4.78 is 5.22. The lowest BCUT2D eigenvalue weighted by atomic mass is 9.94. The minimum Gasteiger partial charge on any atom is -0.497 e. The molecule has 0 saturated carbocycles. The summed E-state index contributed by atoms with van der Waals surface area (Å²) in [4.78, 5) is 4.65. The molecule has 126 valence electrons. The smallest absolute Gasteiger partial charge is 0.156 e. The Morgan fingerprint density at radius 1 is 1.00 bits per heavy atom. The van der Waals surface area contributed by atoms with E-state index < -0.39 is 0 Å². The Hall–Kier alpha value is -3.65. The van der Waals surface area contributed by atoms with Gasteiger partial charge < -0.3 is 4.74 Å². The van der Waals surface area contributed by atoms with Crippen LogP contribution >= 0.6 is 0 Å². The molecule has 0 saturated heterocycles. The number of H-pyrrole nitrogens is 1. The van der Waals surface area contributed by atoms with E-state index in [1.807, 2.05) is 55.5 Å². The van der Waals surface area contributed by atoms with Crippen LogP contribution in [0.1, 0.15) is 11.1 Å². The number of rotatable bonds is 3. The second-order valence-corrected chi connectivity index (χ2v) is 6.05. The van der Waals surface area contributed by atoms with E-state index in [2.05, 4.69) is 21.3 Å². The molecule has 0 fully saturated rings. The Bertz CT molecular complexity index is 1120. The number of nitrogens with one attached hydrogen (secondary N) is 1. The van der Waals surface area contributed by atoms with Crippen LogP contribution in [0.5, 0.6) is 5.75 Å². The van der Waals surface area contributed by atoms with E-state index in [4.69, 9.17) is 4.74 Å². The van der Waals surface area contributed by atoms with E-state index in [9.17, 15) is 5.26 Å². The lowest BCUT2D eigenvalue weighted by Gasteiger charge is -2.11. The fourth-order valence-corrected chi connectivity index (χ4v) is 3.05. The normalized spacial score (nSPS) is 10.7. The molecule has 26 heavy (non-hydrogen) atoms. The van der Waals surface area contributed by atoms with Gasteiger partial charge in [0.1, 0.15) is 11.8 Å². The predicted molar refractivity (Wildman–Crippen MR) is 101 cm³/mol. The Morgan fingerprint density at radius 2 is 1.69 bits per heavy atom. The van der Waals surface area contributed by atoms with Gasteiger partial charge in [0.05, 0.1) is 24.6 Å². The zero-order chi connectivity index (χ0) is 18.1. The number of hydrogen-bond acceptors (Lipinski definition) is 4. The number of pyridine rings is 1. The van der Waals surface area contributed by atoms with Crippen LogP contribution in [0, 0.1) is 18.3 Å². The Balaban J connectivity index is 2.02. The van der Waals surface area contributed by atoms with Gasteiger partial charge in [-0.25, -0.2) is 4.98 Å². The number of hydrogen-bond donors (Lipinski definition) is 1. The van der Waals surface area contributed by atoms with Crippen molar-refractivity contribution < 1.29 is 4.74 Å². The van der Waals surface area contributed by atoms with E-state index in [-0.39, 0.29) is 0 Å². The quantitative estimate of drug-likeness (QED) is 0.596. The van der Waals surface area contributed by atoms with Crippen LogP contribution in [-0.4, -0.2) is 22.3 Å². The molecular formula is C21H16N4O. The first kappa shape index (κ1) is 15.9. The number of fused-ring (bicyclic) bond motifs is 1. The minimum atomic E-state index is 0.535. The van der Waals surface area contributed by atoms with Crippen LogP contribution in [-0.2, 0) is 0 Å². The number of aromatic nitrogens is 3. The molecule has 0 bridgehead atoms. The largest absolute Gasteiger partial charge is 0.497 e. The number of nitrogens with zero attached hydrogens (tertiary/aromatic N) is 3. The number of aromatic amines is 1. The maximum Gasteiger partial charge on any atom is 0.156 e. The molecule has 0 unspecified atom stereocenters. The zero-order valence-electron chi connectivity index (χ0n) is 14.4. The molecule has 0 spiro atoms. The fraction of sp³-hybridized carbons (Fsp3) is 0.0952. The van der Waals surface area contributed by atoms with Crippen LogP contribution in [0.2, 0.25) is 0 Å². The average molecular weight is 340 g/mol. The highest BCUT2D eigenvalue weighted by atomic mass is 16.5. The fourth-order valence-electron chi connectivity index (χ4n) is 3.05. The van der Waals surface area contributed by atoms with Crippen LogP contribution in [0.4, 0.5) is 0 Å². The van der Waals surface area contributed by atoms with E-state index in [1.165, 1.54) is 5.56 Å². The second-order valence-electron chi connectivity index (χ2n) is 6.05. The molecule has 1 N–H and O–H groups in total. The van der Waals surface area contributed by atoms with Gasteiger partial charge in [-0.2, -0.15) is 10.4 Å². The van der Waals surface area contributed by atoms with Gasteiger partial charge in [-0.05, 0) is 36.8 Å². The molecule has 0 amide bonds. The third-order valence-corrected chi connectivity index (χ3v) is 4.41. The Kier molecular flexibility index (Phi) is 3.86. The maximum atomic E-state index is 9.93. The van der Waals surface area contributed by atoms with Gasteiger partial charge in [0.25, 0.3) is 0 Å². The molecule has 0 aliphatic carbocycles. The highest BCUT2D eigenvalue weighted by Crippen LogP contribution is 2.36. The van der Waals surface area contributed by atoms with Crippen molar-refractivity contribution in [2.24, 2.45) is 0 Å². The van der Waals surface area contributed by atoms with Gasteiger partial charge in [0.2, 0.25) is 0 Å². The summed E-state index contributed by atoms with van der Waals surface area (Å²) in [7, 11) is 1.63. The SMILES string of the molecule is COc1ccc(-c2nc3[nH]ncc3c(-c3ccc(C)cc3)c2C#N)cc1. The van der Waals surface area contributed by atoms with E-state index >= 15 is 0 Å². The topological polar surface area (TPSA) is 74.6 Å². The molecule has 5 nitrogen and oxygen atoms in total. The first-order valence-corrected chi connectivity index (χ1v) is 8.20. The summed E-state index contributed by atoms with van der Waals surface area (Å²) in [5.41, 5.74) is 5.65. The molecule has 2 aromatic carbocycles. The summed E-state index contributed by atoms with van der Waals surface area (Å²) >= 11 is 0. The third kappa shape index (κ3) is 2.58. The average Bonchev–Trinajstić information content (AvgIpc) is 3.15. The summed E-state index contributed by atoms with van der Waals surface area (Å²) in [6.07, 6.45) is 1.72.